The van der Waals surface area contributed by atoms with Crippen molar-refractivity contribution < 1.29 is 4.79 Å². The van der Waals surface area contributed by atoms with E-state index in [2.05, 4.69) is 9.97 Å². The highest BCUT2D eigenvalue weighted by molar-refractivity contribution is 5.92. The molecule has 2 aromatic rings. The third-order valence-corrected chi connectivity index (χ3v) is 3.49. The van der Waals surface area contributed by atoms with Crippen molar-refractivity contribution in [1.82, 2.24) is 14.9 Å². The Morgan fingerprint density at radius 1 is 1.38 bits per heavy atom. The quantitative estimate of drug-likeness (QED) is 0.866. The fourth-order valence-electron chi connectivity index (χ4n) is 2.00. The lowest BCUT2D eigenvalue weighted by molar-refractivity contribution is 0.0736. The smallest absolute Gasteiger partial charge is 0.272 e. The van der Waals surface area contributed by atoms with Crippen LogP contribution >= 0.6 is 0 Å². The summed E-state index contributed by atoms with van der Waals surface area (Å²) in [4.78, 5) is 22.4. The topological polar surface area (TPSA) is 69.9 Å². The average molecular weight is 280 g/mol. The van der Waals surface area contributed by atoms with Crippen LogP contribution in [0.5, 0.6) is 0 Å². The molecule has 0 radical (unpaired) electrons. The van der Waals surface area contributed by atoms with Crippen LogP contribution in [0, 0.1) is 18.3 Å². The second-order valence-electron chi connectivity index (χ2n) is 4.82. The summed E-state index contributed by atoms with van der Waals surface area (Å²) in [6.07, 6.45) is 3.44. The molecule has 2 heterocycles. The first-order valence-corrected chi connectivity index (χ1v) is 6.59. The highest BCUT2D eigenvalue weighted by Gasteiger charge is 2.20. The molecular weight excluding hydrogens is 264 g/mol. The monoisotopic (exact) mass is 280 g/mol. The Labute approximate surface area is 123 Å². The zero-order valence-electron chi connectivity index (χ0n) is 12.2. The van der Waals surface area contributed by atoms with Crippen LogP contribution in [0.2, 0.25) is 0 Å². The largest absolute Gasteiger partial charge is 0.334 e. The average Bonchev–Trinajstić information content (AvgIpc) is 2.53. The van der Waals surface area contributed by atoms with Crippen molar-refractivity contribution >= 4 is 5.91 Å². The Balaban J connectivity index is 2.24. The first-order valence-electron chi connectivity index (χ1n) is 6.59. The van der Waals surface area contributed by atoms with Gasteiger partial charge in [-0.2, -0.15) is 5.26 Å². The number of carbonyl (C=O) groups is 1. The summed E-state index contributed by atoms with van der Waals surface area (Å²) in [5, 5.41) is 8.90. The summed E-state index contributed by atoms with van der Waals surface area (Å²) in [5.74, 6) is -0.182. The molecule has 2 aromatic heterocycles. The normalized spacial score (nSPS) is 11.5. The molecule has 0 aromatic carbocycles. The van der Waals surface area contributed by atoms with E-state index in [1.165, 1.54) is 0 Å². The van der Waals surface area contributed by atoms with Crippen LogP contribution in [-0.2, 0) is 0 Å². The van der Waals surface area contributed by atoms with Crippen molar-refractivity contribution in [3.63, 3.8) is 0 Å². The maximum absolute atomic E-state index is 12.5. The predicted octanol–water partition coefficient (Wildman–Crippen LogP) is 2.49. The SMILES string of the molecule is Cc1nc(C(=O)N(C)[C@H](C)c2cccnc2)ccc1C#N. The van der Waals surface area contributed by atoms with Crippen LogP contribution in [0.1, 0.15) is 40.3 Å². The number of aryl methyl sites for hydroxylation is 1. The van der Waals surface area contributed by atoms with Gasteiger partial charge in [0.15, 0.2) is 0 Å². The van der Waals surface area contributed by atoms with Gasteiger partial charge in [0.2, 0.25) is 0 Å². The lowest BCUT2D eigenvalue weighted by atomic mass is 10.1. The molecule has 5 heteroatoms. The molecule has 1 atom stereocenters. The highest BCUT2D eigenvalue weighted by atomic mass is 16.2. The second-order valence-corrected chi connectivity index (χ2v) is 4.82. The van der Waals surface area contributed by atoms with Crippen LogP contribution in [-0.4, -0.2) is 27.8 Å². The number of nitriles is 1. The molecule has 1 amide bonds. The molecule has 2 rings (SSSR count). The molecule has 0 aliphatic carbocycles. The minimum atomic E-state index is -0.182. The van der Waals surface area contributed by atoms with Crippen LogP contribution in [0.15, 0.2) is 36.7 Å². The minimum absolute atomic E-state index is 0.107. The third kappa shape index (κ3) is 3.06. The minimum Gasteiger partial charge on any atom is -0.334 e. The Kier molecular flexibility index (Phi) is 4.29. The van der Waals surface area contributed by atoms with Crippen LogP contribution in [0.4, 0.5) is 0 Å². The van der Waals surface area contributed by atoms with E-state index in [9.17, 15) is 4.79 Å². The predicted molar refractivity (Wildman–Crippen MR) is 78.4 cm³/mol. The van der Waals surface area contributed by atoms with E-state index in [0.717, 1.165) is 5.56 Å². The van der Waals surface area contributed by atoms with Gasteiger partial charge in [-0.05, 0) is 37.6 Å². The van der Waals surface area contributed by atoms with Gasteiger partial charge in [0.25, 0.3) is 5.91 Å². The Morgan fingerprint density at radius 3 is 2.71 bits per heavy atom. The second kappa shape index (κ2) is 6.14. The number of aromatic nitrogens is 2. The number of nitrogens with zero attached hydrogens (tertiary/aromatic N) is 4. The zero-order chi connectivity index (χ0) is 15.4. The van der Waals surface area contributed by atoms with Crippen molar-refractivity contribution in [3.8, 4) is 6.07 Å². The molecule has 0 spiro atoms. The van der Waals surface area contributed by atoms with E-state index in [0.29, 0.717) is 17.0 Å². The molecule has 21 heavy (non-hydrogen) atoms. The van der Waals surface area contributed by atoms with E-state index in [1.54, 1.807) is 43.4 Å². The summed E-state index contributed by atoms with van der Waals surface area (Å²) in [7, 11) is 1.73. The molecule has 0 saturated heterocycles. The van der Waals surface area contributed by atoms with Gasteiger partial charge < -0.3 is 4.90 Å². The molecule has 0 aliphatic heterocycles. The Hall–Kier alpha value is -2.74. The van der Waals surface area contributed by atoms with Crippen LogP contribution < -0.4 is 0 Å². The van der Waals surface area contributed by atoms with Crippen LogP contribution in [0.3, 0.4) is 0 Å². The Bertz CT molecular complexity index is 691. The van der Waals surface area contributed by atoms with E-state index in [4.69, 9.17) is 5.26 Å². The first kappa shape index (κ1) is 14.7. The maximum Gasteiger partial charge on any atom is 0.272 e. The van der Waals surface area contributed by atoms with Gasteiger partial charge in [-0.15, -0.1) is 0 Å². The molecule has 0 saturated carbocycles. The Morgan fingerprint density at radius 2 is 2.14 bits per heavy atom. The fourth-order valence-corrected chi connectivity index (χ4v) is 2.00. The van der Waals surface area contributed by atoms with E-state index in [-0.39, 0.29) is 11.9 Å². The summed E-state index contributed by atoms with van der Waals surface area (Å²) in [6.45, 7) is 3.66. The van der Waals surface area contributed by atoms with Gasteiger partial charge in [0.1, 0.15) is 11.8 Å². The van der Waals surface area contributed by atoms with Gasteiger partial charge in [-0.25, -0.2) is 4.98 Å². The molecule has 0 N–H and O–H groups in total. The maximum atomic E-state index is 12.5. The molecule has 5 nitrogen and oxygen atoms in total. The number of pyridine rings is 2. The third-order valence-electron chi connectivity index (χ3n) is 3.49. The van der Waals surface area contributed by atoms with Gasteiger partial charge in [-0.1, -0.05) is 6.07 Å². The van der Waals surface area contributed by atoms with Gasteiger partial charge >= 0.3 is 0 Å². The number of hydrogen-bond donors (Lipinski definition) is 0. The van der Waals surface area contributed by atoms with E-state index < -0.39 is 0 Å². The van der Waals surface area contributed by atoms with Crippen molar-refractivity contribution in [2.24, 2.45) is 0 Å². The van der Waals surface area contributed by atoms with E-state index in [1.807, 2.05) is 25.1 Å². The lowest BCUT2D eigenvalue weighted by Gasteiger charge is -2.24. The molecule has 0 bridgehead atoms. The summed E-state index contributed by atoms with van der Waals surface area (Å²) >= 11 is 0. The molecule has 0 aliphatic rings. The zero-order valence-corrected chi connectivity index (χ0v) is 12.2. The van der Waals surface area contributed by atoms with Crippen molar-refractivity contribution in [3.05, 3.63) is 59.2 Å². The van der Waals surface area contributed by atoms with Crippen molar-refractivity contribution in [2.75, 3.05) is 7.05 Å². The summed E-state index contributed by atoms with van der Waals surface area (Å²) in [6, 6.07) is 8.91. The van der Waals surface area contributed by atoms with Crippen molar-refractivity contribution in [2.45, 2.75) is 19.9 Å². The molecule has 106 valence electrons. The highest BCUT2D eigenvalue weighted by Crippen LogP contribution is 2.19. The first-order chi connectivity index (χ1) is 10.0. The van der Waals surface area contributed by atoms with Crippen LogP contribution in [0.25, 0.3) is 0 Å². The number of hydrogen-bond acceptors (Lipinski definition) is 4. The van der Waals surface area contributed by atoms with Gasteiger partial charge in [0.05, 0.1) is 17.3 Å². The number of amides is 1. The molecule has 0 unspecified atom stereocenters. The van der Waals surface area contributed by atoms with Gasteiger partial charge in [0, 0.05) is 19.4 Å². The van der Waals surface area contributed by atoms with Gasteiger partial charge in [-0.3, -0.25) is 9.78 Å². The lowest BCUT2D eigenvalue weighted by Crippen LogP contribution is -2.30. The van der Waals surface area contributed by atoms with Crippen molar-refractivity contribution in [1.29, 1.82) is 5.26 Å². The summed E-state index contributed by atoms with van der Waals surface area (Å²) in [5.41, 5.74) is 2.34. The van der Waals surface area contributed by atoms with E-state index >= 15 is 0 Å². The number of rotatable bonds is 3. The standard InChI is InChI=1S/C16H16N4O/c1-11-13(9-17)6-7-15(19-11)16(21)20(3)12(2)14-5-4-8-18-10-14/h4-8,10,12H,1-3H3/t12-/m1/s1. The molecule has 0 fully saturated rings. The number of carbonyl (C=O) groups excluding carboxylic acids is 1. The summed E-state index contributed by atoms with van der Waals surface area (Å²) < 4.78 is 0. The fraction of sp³-hybridized carbons (Fsp3) is 0.250. The molecular formula is C16H16N4O.